The molecule has 0 saturated heterocycles. The maximum Gasteiger partial charge on any atom is 0.281 e. The van der Waals surface area contributed by atoms with Crippen LogP contribution in [0.2, 0.25) is 0 Å². The topological polar surface area (TPSA) is 76.4 Å². The van der Waals surface area contributed by atoms with E-state index in [9.17, 15) is 12.8 Å². The summed E-state index contributed by atoms with van der Waals surface area (Å²) in [4.78, 5) is 4.69. The first-order valence-corrected chi connectivity index (χ1v) is 8.28. The molecule has 0 fully saturated rings. The van der Waals surface area contributed by atoms with Crippen molar-refractivity contribution in [3.63, 3.8) is 0 Å². The number of rotatable bonds is 3. The highest BCUT2D eigenvalue weighted by Crippen LogP contribution is 2.23. The minimum Gasteiger partial charge on any atom is -0.278 e. The number of hydrogen-bond donors (Lipinski definition) is 1. The van der Waals surface area contributed by atoms with Crippen LogP contribution in [-0.4, -0.2) is 23.0 Å². The first-order valence-electron chi connectivity index (χ1n) is 5.98. The average Bonchev–Trinajstić information content (AvgIpc) is 2.82. The lowest BCUT2D eigenvalue weighted by atomic mass is 10.3. The van der Waals surface area contributed by atoms with Gasteiger partial charge in [0.05, 0.1) is 11.4 Å². The van der Waals surface area contributed by atoms with Gasteiger partial charge in [-0.3, -0.25) is 4.72 Å². The number of imidazole rings is 1. The second-order valence-corrected chi connectivity index (χ2v) is 7.19. The van der Waals surface area contributed by atoms with Crippen molar-refractivity contribution in [2.24, 2.45) is 0 Å². The summed E-state index contributed by atoms with van der Waals surface area (Å²) in [6.07, 6.45) is 0. The van der Waals surface area contributed by atoms with Gasteiger partial charge in [-0.25, -0.2) is 9.37 Å². The van der Waals surface area contributed by atoms with Crippen molar-refractivity contribution in [2.75, 3.05) is 4.72 Å². The number of hydrogen-bond acceptors (Lipinski definition) is 5. The zero-order chi connectivity index (χ0) is 15.2. The Balaban J connectivity index is 2.10. The second kappa shape index (κ2) is 4.78. The van der Waals surface area contributed by atoms with Crippen LogP contribution in [0.25, 0.3) is 4.96 Å². The number of benzene rings is 1. The lowest BCUT2D eigenvalue weighted by Crippen LogP contribution is -2.16. The van der Waals surface area contributed by atoms with Gasteiger partial charge < -0.3 is 0 Å². The molecule has 0 unspecified atom stereocenters. The van der Waals surface area contributed by atoms with Crippen molar-refractivity contribution in [3.8, 4) is 0 Å². The molecule has 0 aliphatic carbocycles. The smallest absolute Gasteiger partial charge is 0.278 e. The van der Waals surface area contributed by atoms with Crippen molar-refractivity contribution in [1.82, 2.24) is 14.6 Å². The van der Waals surface area contributed by atoms with Crippen LogP contribution in [0.1, 0.15) is 10.7 Å². The predicted octanol–water partition coefficient (Wildman–Crippen LogP) is 2.35. The third kappa shape index (κ3) is 2.49. The van der Waals surface area contributed by atoms with E-state index in [2.05, 4.69) is 14.8 Å². The Morgan fingerprint density at radius 2 is 2.10 bits per heavy atom. The number of anilines is 1. The molecule has 21 heavy (non-hydrogen) atoms. The Bertz CT molecular complexity index is 930. The molecule has 0 radical (unpaired) electrons. The first kappa shape index (κ1) is 14.0. The monoisotopic (exact) mass is 326 g/mol. The number of aromatic nitrogens is 3. The fraction of sp³-hybridized carbons (Fsp3) is 0.167. The second-order valence-electron chi connectivity index (χ2n) is 4.43. The van der Waals surface area contributed by atoms with E-state index in [0.29, 0.717) is 15.7 Å². The van der Waals surface area contributed by atoms with E-state index in [1.54, 1.807) is 13.8 Å². The first-order chi connectivity index (χ1) is 9.87. The minimum absolute atomic E-state index is 0.0360. The molecule has 1 N–H and O–H groups in total. The van der Waals surface area contributed by atoms with Crippen LogP contribution in [0.15, 0.2) is 29.3 Å². The van der Waals surface area contributed by atoms with Gasteiger partial charge in [0, 0.05) is 0 Å². The zero-order valence-corrected chi connectivity index (χ0v) is 12.8. The van der Waals surface area contributed by atoms with Crippen LogP contribution in [0, 0.1) is 19.7 Å². The molecular formula is C12H11FN4O2S2. The van der Waals surface area contributed by atoms with Crippen molar-refractivity contribution >= 4 is 32.0 Å². The molecule has 0 spiro atoms. The molecule has 6 nitrogen and oxygen atoms in total. The average molecular weight is 326 g/mol. The number of aryl methyl sites for hydroxylation is 2. The predicted molar refractivity (Wildman–Crippen MR) is 77.5 cm³/mol. The molecule has 2 aromatic heterocycles. The summed E-state index contributed by atoms with van der Waals surface area (Å²) in [6, 6.07) is 5.25. The Kier molecular flexibility index (Phi) is 3.18. The Hall–Kier alpha value is -2.00. The number of halogens is 1. The molecule has 9 heteroatoms. The number of nitrogens with zero attached hydrogens (tertiary/aromatic N) is 3. The Morgan fingerprint density at radius 3 is 2.81 bits per heavy atom. The van der Waals surface area contributed by atoms with E-state index in [1.807, 2.05) is 0 Å². The summed E-state index contributed by atoms with van der Waals surface area (Å²) in [6.45, 7) is 3.36. The molecular weight excluding hydrogens is 315 g/mol. The van der Waals surface area contributed by atoms with Gasteiger partial charge in [0.15, 0.2) is 0 Å². The van der Waals surface area contributed by atoms with Crippen molar-refractivity contribution in [3.05, 3.63) is 40.8 Å². The van der Waals surface area contributed by atoms with Gasteiger partial charge in [-0.1, -0.05) is 17.4 Å². The number of sulfonamides is 1. The van der Waals surface area contributed by atoms with Crippen molar-refractivity contribution in [1.29, 1.82) is 0 Å². The fourth-order valence-electron chi connectivity index (χ4n) is 1.99. The van der Waals surface area contributed by atoms with E-state index in [4.69, 9.17) is 0 Å². The minimum atomic E-state index is -3.90. The summed E-state index contributed by atoms with van der Waals surface area (Å²) in [7, 11) is -3.90. The lowest BCUT2D eigenvalue weighted by Gasteiger charge is -2.07. The molecule has 0 amide bonds. The molecule has 0 saturated carbocycles. The van der Waals surface area contributed by atoms with Crippen molar-refractivity contribution in [2.45, 2.75) is 18.9 Å². The third-order valence-electron chi connectivity index (χ3n) is 2.76. The van der Waals surface area contributed by atoms with Crippen LogP contribution < -0.4 is 4.72 Å². The molecule has 2 heterocycles. The van der Waals surface area contributed by atoms with Gasteiger partial charge in [-0.05, 0) is 32.0 Å². The van der Waals surface area contributed by atoms with E-state index in [1.165, 1.54) is 34.1 Å². The summed E-state index contributed by atoms with van der Waals surface area (Å²) in [5.74, 6) is -0.519. The maximum absolute atomic E-state index is 13.2. The SMILES string of the molecule is Cc1nn2c(S(=O)(=O)Nc3cccc(F)c3)c(C)nc2s1. The third-order valence-corrected chi connectivity index (χ3v) is 5.06. The molecule has 3 aromatic rings. The summed E-state index contributed by atoms with van der Waals surface area (Å²) < 4.78 is 41.8. The summed E-state index contributed by atoms with van der Waals surface area (Å²) >= 11 is 1.30. The highest BCUT2D eigenvalue weighted by Gasteiger charge is 2.25. The largest absolute Gasteiger partial charge is 0.281 e. The van der Waals surface area contributed by atoms with Crippen molar-refractivity contribution < 1.29 is 12.8 Å². The van der Waals surface area contributed by atoms with Gasteiger partial charge >= 0.3 is 0 Å². The molecule has 0 aliphatic heterocycles. The van der Waals surface area contributed by atoms with Crippen LogP contribution in [0.4, 0.5) is 10.1 Å². The number of nitrogens with one attached hydrogen (secondary N) is 1. The molecule has 3 rings (SSSR count). The van der Waals surface area contributed by atoms with Gasteiger partial charge in [0.25, 0.3) is 10.0 Å². The van der Waals surface area contributed by atoms with E-state index < -0.39 is 15.8 Å². The molecule has 0 bridgehead atoms. The fourth-order valence-corrected chi connectivity index (χ4v) is 4.16. The van der Waals surface area contributed by atoms with Crippen LogP contribution in [-0.2, 0) is 10.0 Å². The Morgan fingerprint density at radius 1 is 1.33 bits per heavy atom. The summed E-state index contributed by atoms with van der Waals surface area (Å²) in [5, 5.41) is 4.81. The quantitative estimate of drug-likeness (QED) is 0.801. The molecule has 110 valence electrons. The zero-order valence-electron chi connectivity index (χ0n) is 11.2. The van der Waals surface area contributed by atoms with Crippen LogP contribution in [0.5, 0.6) is 0 Å². The molecule has 0 aliphatic rings. The maximum atomic E-state index is 13.2. The van der Waals surface area contributed by atoms with Crippen LogP contribution >= 0.6 is 11.3 Å². The highest BCUT2D eigenvalue weighted by atomic mass is 32.2. The van der Waals surface area contributed by atoms with E-state index in [-0.39, 0.29) is 10.7 Å². The lowest BCUT2D eigenvalue weighted by molar-refractivity contribution is 0.592. The molecule has 0 atom stereocenters. The van der Waals surface area contributed by atoms with Crippen LogP contribution in [0.3, 0.4) is 0 Å². The van der Waals surface area contributed by atoms with E-state index >= 15 is 0 Å². The standard InChI is InChI=1S/C12H11FN4O2S2/c1-7-11(17-12(14-7)20-8(2)15-17)21(18,19)16-10-5-3-4-9(13)6-10/h3-6,16H,1-2H3. The van der Waals surface area contributed by atoms with E-state index in [0.717, 1.165) is 6.07 Å². The highest BCUT2D eigenvalue weighted by molar-refractivity contribution is 7.92. The normalized spacial score (nSPS) is 12.0. The van der Waals surface area contributed by atoms with Gasteiger partial charge in [-0.2, -0.15) is 18.0 Å². The molecule has 1 aromatic carbocycles. The summed E-state index contributed by atoms with van der Waals surface area (Å²) in [5.41, 5.74) is 0.494. The van der Waals surface area contributed by atoms with Gasteiger partial charge in [-0.15, -0.1) is 0 Å². The van der Waals surface area contributed by atoms with Gasteiger partial charge in [0.1, 0.15) is 10.8 Å². The van der Waals surface area contributed by atoms with Gasteiger partial charge in [0.2, 0.25) is 9.99 Å². The number of fused-ring (bicyclic) bond motifs is 1. The Labute approximate surface area is 124 Å².